The molecular weight excluding hydrogens is 858 g/mol. The van der Waals surface area contributed by atoms with Crippen molar-refractivity contribution in [3.63, 3.8) is 0 Å². The molecule has 0 saturated heterocycles. The van der Waals surface area contributed by atoms with E-state index in [1.54, 1.807) is 12.1 Å². The Morgan fingerprint density at radius 1 is 0.948 bits per heavy atom. The van der Waals surface area contributed by atoms with Crippen LogP contribution < -0.4 is 15.2 Å². The normalized spacial score (nSPS) is 12.0. The second-order valence-electron chi connectivity index (χ2n) is 12.3. The fourth-order valence-corrected chi connectivity index (χ4v) is 6.59. The van der Waals surface area contributed by atoms with Crippen LogP contribution in [0.5, 0.6) is 17.2 Å². The first-order valence-corrected chi connectivity index (χ1v) is 22.1. The molecule has 3 aromatic carbocycles. The number of hydrogen-bond acceptors (Lipinski definition) is 13. The zero-order valence-corrected chi connectivity index (χ0v) is 35.8. The van der Waals surface area contributed by atoms with Crippen LogP contribution >= 0.6 is 53.9 Å². The first kappa shape index (κ1) is 49.9. The number of hydrogen-bond donors (Lipinski definition) is 3. The van der Waals surface area contributed by atoms with E-state index in [1.165, 1.54) is 68.4 Å². The Morgan fingerprint density at radius 3 is 2.22 bits per heavy atom. The molecule has 1 heterocycles. The Kier molecular flexibility index (Phi) is 22.3. The molecule has 20 heteroatoms. The highest BCUT2D eigenvalue weighted by Gasteiger charge is 2.22. The number of unbranched alkanes of at least 4 members (excludes halogenated alkanes) is 5. The predicted octanol–water partition coefficient (Wildman–Crippen LogP) is 10.6. The van der Waals surface area contributed by atoms with Gasteiger partial charge in [0.2, 0.25) is 0 Å². The van der Waals surface area contributed by atoms with Gasteiger partial charge in [-0.25, -0.2) is 9.59 Å². The summed E-state index contributed by atoms with van der Waals surface area (Å²) in [7, 11) is -1.97. The van der Waals surface area contributed by atoms with E-state index in [-0.39, 0.29) is 45.1 Å². The highest BCUT2D eigenvalue weighted by molar-refractivity contribution is 8.13. The first-order chi connectivity index (χ1) is 27.4. The SMILES string of the molecule is CCCCCCCCSC(=O)Oc1cc(Cl)nnc1-c1ccccc1.COC(=O)c1cc(Oc2ccc(Cl)cc2Cl)ccc1[N+](=O)[O-].CP(=O)(O)CCC(N)C(=O)O. The zero-order chi connectivity index (χ0) is 43.3. The molecule has 0 amide bonds. The molecule has 0 saturated carbocycles. The average Bonchev–Trinajstić information content (AvgIpc) is 3.17. The van der Waals surface area contributed by atoms with Crippen LogP contribution in [0, 0.1) is 10.1 Å². The van der Waals surface area contributed by atoms with Crippen molar-refractivity contribution in [3.05, 3.63) is 104 Å². The minimum atomic E-state index is -3.10. The molecule has 0 aliphatic heterocycles. The van der Waals surface area contributed by atoms with Gasteiger partial charge < -0.3 is 29.9 Å². The number of thioether (sulfide) groups is 1. The van der Waals surface area contributed by atoms with E-state index in [0.717, 1.165) is 37.3 Å². The molecule has 0 aliphatic rings. The lowest BCUT2D eigenvalue weighted by Crippen LogP contribution is -2.30. The number of esters is 1. The van der Waals surface area contributed by atoms with Crippen molar-refractivity contribution in [2.75, 3.05) is 25.7 Å². The quantitative estimate of drug-likeness (QED) is 0.0294. The Morgan fingerprint density at radius 2 is 1.62 bits per heavy atom. The number of nitrogens with two attached hydrogens (primary N) is 1. The van der Waals surface area contributed by atoms with Crippen LogP contribution in [0.4, 0.5) is 10.5 Å². The number of rotatable bonds is 17. The zero-order valence-electron chi connectivity index (χ0n) is 31.8. The summed E-state index contributed by atoms with van der Waals surface area (Å²) in [6.45, 7) is 3.39. The van der Waals surface area contributed by atoms with Crippen LogP contribution in [-0.4, -0.2) is 74.1 Å². The Hall–Kier alpha value is -4.28. The van der Waals surface area contributed by atoms with Crippen molar-refractivity contribution in [3.8, 4) is 28.5 Å². The molecular formula is C38H44Cl3N4O11PS. The lowest BCUT2D eigenvalue weighted by atomic mass is 10.1. The summed E-state index contributed by atoms with van der Waals surface area (Å²) in [6.07, 6.45) is 7.20. The number of carbonyl (C=O) groups excluding carboxylic acids is 2. The van der Waals surface area contributed by atoms with Gasteiger partial charge in [-0.2, -0.15) is 0 Å². The summed E-state index contributed by atoms with van der Waals surface area (Å²) in [5.74, 6) is -0.367. The Bertz CT molecular complexity index is 2030. The molecule has 0 fully saturated rings. The van der Waals surface area contributed by atoms with Gasteiger partial charge in [0.05, 0.1) is 17.1 Å². The van der Waals surface area contributed by atoms with E-state index < -0.39 is 30.3 Å². The van der Waals surface area contributed by atoms with Crippen molar-refractivity contribution in [2.45, 2.75) is 57.9 Å². The monoisotopic (exact) mass is 900 g/mol. The summed E-state index contributed by atoms with van der Waals surface area (Å²) in [4.78, 5) is 52.8. The first-order valence-electron chi connectivity index (χ1n) is 17.7. The van der Waals surface area contributed by atoms with E-state index in [1.807, 2.05) is 30.3 Å². The van der Waals surface area contributed by atoms with Gasteiger partial charge in [0.1, 0.15) is 28.8 Å². The number of carbonyl (C=O) groups is 3. The van der Waals surface area contributed by atoms with E-state index in [9.17, 15) is 29.1 Å². The standard InChI is InChI=1S/C19H23ClN2O2S.C14H9Cl2NO5.C5H12NO4P/c1-2-3-4-5-6-10-13-25-19(23)24-16-14-17(20)21-22-18(16)15-11-8-7-9-12-15;1-21-14(18)10-7-9(3-4-12(10)17(19)20)22-13-5-2-8(15)6-11(13)16;1-11(9,10)3-2-4(6)5(7)8/h7-9,11-12,14H,2-6,10,13H2,1H3;2-7H,1H3;4H,2-3,6H2,1H3,(H,7,8)(H,9,10). The molecule has 2 atom stereocenters. The predicted molar refractivity (Wildman–Crippen MR) is 226 cm³/mol. The highest BCUT2D eigenvalue weighted by Crippen LogP contribution is 2.36. The number of nitrogens with zero attached hydrogens (tertiary/aromatic N) is 3. The number of aliphatic carboxylic acids is 1. The Labute approximate surface area is 355 Å². The Balaban J connectivity index is 0.000000322. The van der Waals surface area contributed by atoms with Gasteiger partial charge >= 0.3 is 17.2 Å². The summed E-state index contributed by atoms with van der Waals surface area (Å²) in [5.41, 5.74) is 5.85. The van der Waals surface area contributed by atoms with E-state index in [4.69, 9.17) is 60.0 Å². The van der Waals surface area contributed by atoms with Crippen molar-refractivity contribution < 1.29 is 48.1 Å². The van der Waals surface area contributed by atoms with Gasteiger partial charge in [0.25, 0.3) is 5.69 Å². The molecule has 1 aromatic heterocycles. The third-order valence-electron chi connectivity index (χ3n) is 7.55. The van der Waals surface area contributed by atoms with Crippen LogP contribution in [0.25, 0.3) is 11.3 Å². The molecule has 4 rings (SSSR count). The average molecular weight is 902 g/mol. The number of ether oxygens (including phenoxy) is 3. The number of methoxy groups -OCH3 is 1. The fraction of sp³-hybridized carbons (Fsp3) is 0.342. The van der Waals surface area contributed by atoms with E-state index in [2.05, 4.69) is 21.9 Å². The van der Waals surface area contributed by atoms with Crippen molar-refractivity contribution in [1.82, 2.24) is 10.2 Å². The highest BCUT2D eigenvalue weighted by atomic mass is 35.5. The minimum absolute atomic E-state index is 0.0412. The maximum Gasteiger partial charge on any atom is 0.372 e. The van der Waals surface area contributed by atoms with E-state index in [0.29, 0.717) is 22.2 Å². The molecule has 0 bridgehead atoms. The summed E-state index contributed by atoms with van der Waals surface area (Å²) in [6, 6.07) is 18.3. The fourth-order valence-electron chi connectivity index (χ4n) is 4.58. The molecule has 4 aromatic rings. The maximum atomic E-state index is 12.1. The summed E-state index contributed by atoms with van der Waals surface area (Å²) in [5, 5.41) is 27.7. The molecule has 0 aliphatic carbocycles. The van der Waals surface area contributed by atoms with Crippen LogP contribution in [0.2, 0.25) is 15.2 Å². The molecule has 2 unspecified atom stereocenters. The molecule has 58 heavy (non-hydrogen) atoms. The minimum Gasteiger partial charge on any atom is -0.480 e. The van der Waals surface area contributed by atoms with Gasteiger partial charge in [0.15, 0.2) is 18.3 Å². The van der Waals surface area contributed by atoms with Gasteiger partial charge in [-0.3, -0.25) is 19.5 Å². The molecule has 0 spiro atoms. The van der Waals surface area contributed by atoms with Gasteiger partial charge in [0, 0.05) is 47.4 Å². The van der Waals surface area contributed by atoms with Crippen LogP contribution in [-0.2, 0) is 14.1 Å². The third-order valence-corrected chi connectivity index (χ3v) is 10.2. The van der Waals surface area contributed by atoms with Gasteiger partial charge in [-0.1, -0.05) is 104 Å². The van der Waals surface area contributed by atoms with Gasteiger partial charge in [-0.05, 0) is 48.9 Å². The molecule has 4 N–H and O–H groups in total. The number of nitro benzene ring substituents is 1. The molecule has 15 nitrogen and oxygen atoms in total. The van der Waals surface area contributed by atoms with Crippen molar-refractivity contribution in [2.24, 2.45) is 5.73 Å². The van der Waals surface area contributed by atoms with Crippen LogP contribution in [0.1, 0.15) is 62.2 Å². The van der Waals surface area contributed by atoms with Crippen molar-refractivity contribution >= 4 is 76.9 Å². The lowest BCUT2D eigenvalue weighted by Gasteiger charge is -2.09. The second kappa shape index (κ2) is 25.9. The molecule has 0 radical (unpaired) electrons. The number of nitro groups is 1. The second-order valence-corrected chi connectivity index (χ2v) is 17.1. The number of carboxylic acid groups (broad SMARTS) is 1. The lowest BCUT2D eigenvalue weighted by molar-refractivity contribution is -0.385. The summed E-state index contributed by atoms with van der Waals surface area (Å²) < 4.78 is 26.2. The van der Waals surface area contributed by atoms with E-state index >= 15 is 0 Å². The third kappa shape index (κ3) is 19.0. The number of aromatic nitrogens is 2. The summed E-state index contributed by atoms with van der Waals surface area (Å²) >= 11 is 18.9. The molecule has 314 valence electrons. The number of benzene rings is 3. The smallest absolute Gasteiger partial charge is 0.372 e. The van der Waals surface area contributed by atoms with Crippen LogP contribution in [0.3, 0.4) is 0 Å². The largest absolute Gasteiger partial charge is 0.480 e. The number of halogens is 3. The topological polar surface area (TPSA) is 231 Å². The maximum absolute atomic E-state index is 12.1. The van der Waals surface area contributed by atoms with Gasteiger partial charge in [-0.15, -0.1) is 10.2 Å². The number of carboxylic acids is 1. The van der Waals surface area contributed by atoms with Crippen LogP contribution in [0.15, 0.2) is 72.8 Å². The van der Waals surface area contributed by atoms with Crippen molar-refractivity contribution in [1.29, 1.82) is 0 Å².